The number of aryl methyl sites for hydroxylation is 1. The van der Waals surface area contributed by atoms with Crippen LogP contribution in [0.1, 0.15) is 21.7 Å². The summed E-state index contributed by atoms with van der Waals surface area (Å²) < 4.78 is 2.18. The highest BCUT2D eigenvalue weighted by atomic mass is 35.6. The third-order valence-electron chi connectivity index (χ3n) is 2.21. The van der Waals surface area contributed by atoms with E-state index in [0.717, 1.165) is 17.1 Å². The molecule has 0 spiro atoms. The lowest BCUT2D eigenvalue weighted by atomic mass is 10.1. The molecule has 4 nitrogen and oxygen atoms in total. The minimum atomic E-state index is -1.69. The number of anilines is 1. The summed E-state index contributed by atoms with van der Waals surface area (Å²) in [6.07, 6.45) is 0. The molecular formula is C11H8Cl3N3OS. The van der Waals surface area contributed by atoms with Gasteiger partial charge >= 0.3 is 0 Å². The van der Waals surface area contributed by atoms with E-state index in [0.29, 0.717) is 5.56 Å². The van der Waals surface area contributed by atoms with E-state index in [9.17, 15) is 4.79 Å². The van der Waals surface area contributed by atoms with Crippen molar-refractivity contribution >= 4 is 57.4 Å². The number of benzene rings is 1. The molecule has 2 aromatic rings. The summed E-state index contributed by atoms with van der Waals surface area (Å²) in [5.41, 5.74) is 1.60. The Labute approximate surface area is 128 Å². The number of carbonyl (C=O) groups excluding carboxylic acids is 1. The first-order valence-electron chi connectivity index (χ1n) is 5.15. The van der Waals surface area contributed by atoms with Gasteiger partial charge in [0, 0.05) is 17.1 Å². The zero-order valence-corrected chi connectivity index (χ0v) is 12.7. The number of rotatable bonds is 2. The van der Waals surface area contributed by atoms with Gasteiger partial charge in [0.2, 0.25) is 5.13 Å². The lowest BCUT2D eigenvalue weighted by Gasteiger charge is -2.04. The number of hydrogen-bond donors (Lipinski definition) is 1. The highest BCUT2D eigenvalue weighted by Crippen LogP contribution is 2.37. The Morgan fingerprint density at radius 1 is 1.26 bits per heavy atom. The molecule has 8 heteroatoms. The molecule has 0 bridgehead atoms. The van der Waals surface area contributed by atoms with E-state index in [1.807, 2.05) is 19.1 Å². The molecule has 1 amide bonds. The van der Waals surface area contributed by atoms with Crippen LogP contribution in [-0.4, -0.2) is 15.3 Å². The molecule has 0 atom stereocenters. The molecule has 0 aliphatic heterocycles. The van der Waals surface area contributed by atoms with Crippen LogP contribution in [0.4, 0.5) is 5.13 Å². The molecule has 100 valence electrons. The van der Waals surface area contributed by atoms with E-state index in [-0.39, 0.29) is 16.9 Å². The Kier molecular flexibility index (Phi) is 4.30. The SMILES string of the molecule is Cc1ccc(C(=O)Nc2nc(C(Cl)(Cl)Cl)ns2)cc1. The second-order valence-electron chi connectivity index (χ2n) is 3.74. The summed E-state index contributed by atoms with van der Waals surface area (Å²) in [7, 11) is 0. The molecule has 1 aromatic carbocycles. The number of halogens is 3. The van der Waals surface area contributed by atoms with Crippen LogP contribution in [0.2, 0.25) is 0 Å². The van der Waals surface area contributed by atoms with Gasteiger partial charge in [-0.25, -0.2) is 0 Å². The Bertz CT molecular complexity index is 592. The molecule has 2 rings (SSSR count). The summed E-state index contributed by atoms with van der Waals surface area (Å²) in [6, 6.07) is 7.15. The van der Waals surface area contributed by atoms with Crippen molar-refractivity contribution in [3.63, 3.8) is 0 Å². The third-order valence-corrected chi connectivity index (χ3v) is 3.35. The maximum atomic E-state index is 11.9. The normalized spacial score (nSPS) is 11.4. The molecular weight excluding hydrogens is 329 g/mol. The summed E-state index contributed by atoms with van der Waals surface area (Å²) >= 11 is 17.9. The number of carbonyl (C=O) groups is 1. The number of alkyl halides is 3. The first kappa shape index (κ1) is 14.5. The molecule has 0 saturated heterocycles. The number of nitrogens with one attached hydrogen (secondary N) is 1. The van der Waals surface area contributed by atoms with Gasteiger partial charge in [-0.1, -0.05) is 52.5 Å². The van der Waals surface area contributed by atoms with Gasteiger partial charge in [0.15, 0.2) is 5.82 Å². The Morgan fingerprint density at radius 2 is 1.89 bits per heavy atom. The van der Waals surface area contributed by atoms with Crippen LogP contribution in [0.3, 0.4) is 0 Å². The average molecular weight is 337 g/mol. The largest absolute Gasteiger partial charge is 0.297 e. The molecule has 19 heavy (non-hydrogen) atoms. The fourth-order valence-corrected chi connectivity index (χ4v) is 2.28. The van der Waals surface area contributed by atoms with Crippen molar-refractivity contribution < 1.29 is 4.79 Å². The number of nitrogens with zero attached hydrogens (tertiary/aromatic N) is 2. The number of amides is 1. The fourth-order valence-electron chi connectivity index (χ4n) is 1.26. The number of aromatic nitrogens is 2. The van der Waals surface area contributed by atoms with Gasteiger partial charge < -0.3 is 0 Å². The average Bonchev–Trinajstić information content (AvgIpc) is 2.78. The minimum Gasteiger partial charge on any atom is -0.297 e. The summed E-state index contributed by atoms with van der Waals surface area (Å²) in [5, 5.41) is 2.88. The molecule has 0 unspecified atom stereocenters. The third kappa shape index (κ3) is 3.79. The van der Waals surface area contributed by atoms with Gasteiger partial charge in [0.05, 0.1) is 0 Å². The van der Waals surface area contributed by atoms with E-state index in [2.05, 4.69) is 14.7 Å². The van der Waals surface area contributed by atoms with Crippen LogP contribution in [0.5, 0.6) is 0 Å². The standard InChI is InChI=1S/C11H8Cl3N3OS/c1-6-2-4-7(5-3-6)8(18)15-10-16-9(17-19-10)11(12,13)14/h2-5H,1H3,(H,15,16,17,18). The lowest BCUT2D eigenvalue weighted by molar-refractivity contribution is 0.102. The van der Waals surface area contributed by atoms with E-state index in [1.165, 1.54) is 0 Å². The van der Waals surface area contributed by atoms with Crippen molar-refractivity contribution in [2.24, 2.45) is 0 Å². The van der Waals surface area contributed by atoms with E-state index in [4.69, 9.17) is 34.8 Å². The van der Waals surface area contributed by atoms with Crippen molar-refractivity contribution in [2.75, 3.05) is 5.32 Å². The zero-order chi connectivity index (χ0) is 14.0. The molecule has 1 heterocycles. The molecule has 0 aliphatic carbocycles. The maximum absolute atomic E-state index is 11.9. The lowest BCUT2D eigenvalue weighted by Crippen LogP contribution is -2.12. The van der Waals surface area contributed by atoms with Gasteiger partial charge in [-0.3, -0.25) is 10.1 Å². The molecule has 0 saturated carbocycles. The van der Waals surface area contributed by atoms with Gasteiger partial charge in [-0.05, 0) is 19.1 Å². The van der Waals surface area contributed by atoms with Crippen LogP contribution in [0.25, 0.3) is 0 Å². The minimum absolute atomic E-state index is 0.0432. The quantitative estimate of drug-likeness (QED) is 0.846. The van der Waals surface area contributed by atoms with Crippen molar-refractivity contribution in [2.45, 2.75) is 10.7 Å². The van der Waals surface area contributed by atoms with Crippen LogP contribution >= 0.6 is 46.3 Å². The van der Waals surface area contributed by atoms with Crippen molar-refractivity contribution in [1.29, 1.82) is 0 Å². The second-order valence-corrected chi connectivity index (χ2v) is 6.77. The topological polar surface area (TPSA) is 54.9 Å². The highest BCUT2D eigenvalue weighted by Gasteiger charge is 2.28. The molecule has 0 aliphatic rings. The summed E-state index contributed by atoms with van der Waals surface area (Å²) in [4.78, 5) is 15.9. The molecule has 1 N–H and O–H groups in total. The number of hydrogen-bond acceptors (Lipinski definition) is 4. The smallest absolute Gasteiger partial charge is 0.257 e. The van der Waals surface area contributed by atoms with Crippen LogP contribution in [0.15, 0.2) is 24.3 Å². The van der Waals surface area contributed by atoms with E-state index < -0.39 is 3.79 Å². The first-order chi connectivity index (χ1) is 8.86. The molecule has 0 radical (unpaired) electrons. The Balaban J connectivity index is 2.11. The van der Waals surface area contributed by atoms with Crippen molar-refractivity contribution in [3.8, 4) is 0 Å². The van der Waals surface area contributed by atoms with Gasteiger partial charge in [-0.2, -0.15) is 9.36 Å². The second kappa shape index (κ2) is 5.63. The van der Waals surface area contributed by atoms with Crippen LogP contribution in [-0.2, 0) is 3.79 Å². The maximum Gasteiger partial charge on any atom is 0.257 e. The Hall–Kier alpha value is -0.880. The van der Waals surface area contributed by atoms with Crippen molar-refractivity contribution in [1.82, 2.24) is 9.36 Å². The Morgan fingerprint density at radius 3 is 2.42 bits per heavy atom. The predicted octanol–water partition coefficient (Wildman–Crippen LogP) is 3.93. The van der Waals surface area contributed by atoms with E-state index >= 15 is 0 Å². The van der Waals surface area contributed by atoms with Gasteiger partial charge in [0.25, 0.3) is 9.70 Å². The summed E-state index contributed by atoms with van der Waals surface area (Å²) in [6.45, 7) is 1.94. The predicted molar refractivity (Wildman–Crippen MR) is 78.3 cm³/mol. The highest BCUT2D eigenvalue weighted by molar-refractivity contribution is 7.10. The van der Waals surface area contributed by atoms with Gasteiger partial charge in [0.1, 0.15) is 0 Å². The summed E-state index contributed by atoms with van der Waals surface area (Å²) in [5.74, 6) is -0.242. The fraction of sp³-hybridized carbons (Fsp3) is 0.182. The monoisotopic (exact) mass is 335 g/mol. The first-order valence-corrected chi connectivity index (χ1v) is 7.06. The molecule has 0 fully saturated rings. The van der Waals surface area contributed by atoms with E-state index in [1.54, 1.807) is 12.1 Å². The van der Waals surface area contributed by atoms with Crippen molar-refractivity contribution in [3.05, 3.63) is 41.2 Å². The zero-order valence-electron chi connectivity index (χ0n) is 9.65. The van der Waals surface area contributed by atoms with Gasteiger partial charge in [-0.15, -0.1) is 0 Å². The molecule has 1 aromatic heterocycles. The van der Waals surface area contributed by atoms with Crippen LogP contribution in [0, 0.1) is 6.92 Å². The van der Waals surface area contributed by atoms with Crippen LogP contribution < -0.4 is 5.32 Å².